The third-order valence-corrected chi connectivity index (χ3v) is 2.13. The second-order valence-electron chi connectivity index (χ2n) is 4.86. The summed E-state index contributed by atoms with van der Waals surface area (Å²) in [6, 6.07) is 0. The molecular formula is C11H20N2O4. The van der Waals surface area contributed by atoms with Gasteiger partial charge in [-0.25, -0.2) is 4.79 Å². The molecule has 0 unspecified atom stereocenters. The summed E-state index contributed by atoms with van der Waals surface area (Å²) in [5.41, 5.74) is -0.501. The summed E-state index contributed by atoms with van der Waals surface area (Å²) in [4.78, 5) is 24.3. The summed E-state index contributed by atoms with van der Waals surface area (Å²) in [5.74, 6) is -0.0396. The van der Waals surface area contributed by atoms with Gasteiger partial charge in [0, 0.05) is 19.6 Å². The van der Waals surface area contributed by atoms with Crippen LogP contribution in [0.3, 0.4) is 0 Å². The van der Waals surface area contributed by atoms with Crippen molar-refractivity contribution in [3.05, 3.63) is 0 Å². The minimum Gasteiger partial charge on any atom is -0.444 e. The molecule has 1 rings (SSSR count). The number of ether oxygens (including phenoxy) is 2. The maximum absolute atomic E-state index is 11.4. The number of carbonyl (C=O) groups excluding carboxylic acids is 2. The van der Waals surface area contributed by atoms with Gasteiger partial charge in [-0.15, -0.1) is 0 Å². The lowest BCUT2D eigenvalue weighted by Gasteiger charge is -2.27. The maximum Gasteiger partial charge on any atom is 0.407 e. The van der Waals surface area contributed by atoms with Crippen LogP contribution in [-0.4, -0.2) is 55.3 Å². The Morgan fingerprint density at radius 3 is 2.82 bits per heavy atom. The van der Waals surface area contributed by atoms with E-state index in [4.69, 9.17) is 9.47 Å². The summed E-state index contributed by atoms with van der Waals surface area (Å²) in [5, 5.41) is 2.61. The Balaban J connectivity index is 2.19. The molecule has 98 valence electrons. The Hall–Kier alpha value is -1.30. The van der Waals surface area contributed by atoms with Crippen molar-refractivity contribution >= 4 is 12.0 Å². The molecular weight excluding hydrogens is 224 g/mol. The minimum atomic E-state index is -0.501. The number of carbonyl (C=O) groups is 2. The fourth-order valence-corrected chi connectivity index (χ4v) is 1.39. The van der Waals surface area contributed by atoms with Gasteiger partial charge in [0.25, 0.3) is 0 Å². The number of rotatable bonds is 3. The number of amides is 2. The molecule has 1 N–H and O–H groups in total. The predicted octanol–water partition coefficient (Wildman–Crippen LogP) is 0.370. The highest BCUT2D eigenvalue weighted by molar-refractivity contribution is 5.78. The van der Waals surface area contributed by atoms with Crippen molar-refractivity contribution in [2.45, 2.75) is 26.4 Å². The van der Waals surface area contributed by atoms with Crippen molar-refractivity contribution in [3.8, 4) is 0 Å². The molecule has 1 heterocycles. The van der Waals surface area contributed by atoms with E-state index in [1.807, 2.05) is 0 Å². The number of hydrogen-bond donors (Lipinski definition) is 1. The molecule has 1 fully saturated rings. The normalized spacial score (nSPS) is 16.9. The van der Waals surface area contributed by atoms with Gasteiger partial charge < -0.3 is 19.7 Å². The molecule has 0 aromatic rings. The number of morpholine rings is 1. The van der Waals surface area contributed by atoms with Crippen LogP contribution >= 0.6 is 0 Å². The van der Waals surface area contributed by atoms with E-state index in [0.717, 1.165) is 0 Å². The Morgan fingerprint density at radius 2 is 2.24 bits per heavy atom. The molecule has 17 heavy (non-hydrogen) atoms. The first-order valence-corrected chi connectivity index (χ1v) is 5.71. The quantitative estimate of drug-likeness (QED) is 0.779. The summed E-state index contributed by atoms with van der Waals surface area (Å²) >= 11 is 0. The topological polar surface area (TPSA) is 67.9 Å². The number of alkyl carbamates (subject to hydrolysis) is 1. The van der Waals surface area contributed by atoms with Crippen LogP contribution in [0.25, 0.3) is 0 Å². The van der Waals surface area contributed by atoms with E-state index < -0.39 is 11.7 Å². The van der Waals surface area contributed by atoms with E-state index in [0.29, 0.717) is 26.2 Å². The fraction of sp³-hybridized carbons (Fsp3) is 0.818. The van der Waals surface area contributed by atoms with Crippen LogP contribution in [0.1, 0.15) is 20.8 Å². The van der Waals surface area contributed by atoms with Gasteiger partial charge in [0.15, 0.2) is 0 Å². The second-order valence-corrected chi connectivity index (χ2v) is 4.86. The van der Waals surface area contributed by atoms with Crippen molar-refractivity contribution < 1.29 is 19.1 Å². The lowest BCUT2D eigenvalue weighted by Crippen LogP contribution is -2.45. The van der Waals surface area contributed by atoms with Gasteiger partial charge in [0.1, 0.15) is 12.2 Å². The number of nitrogens with zero attached hydrogens (tertiary/aromatic N) is 1. The van der Waals surface area contributed by atoms with Crippen LogP contribution in [0.5, 0.6) is 0 Å². The van der Waals surface area contributed by atoms with Crippen molar-refractivity contribution in [1.29, 1.82) is 0 Å². The molecule has 0 aliphatic carbocycles. The highest BCUT2D eigenvalue weighted by Gasteiger charge is 2.19. The van der Waals surface area contributed by atoms with Crippen LogP contribution in [0.4, 0.5) is 4.79 Å². The summed E-state index contributed by atoms with van der Waals surface area (Å²) in [6.45, 7) is 7.55. The molecule has 0 spiro atoms. The first kappa shape index (κ1) is 13.8. The molecule has 0 radical (unpaired) electrons. The monoisotopic (exact) mass is 244 g/mol. The second kappa shape index (κ2) is 5.86. The van der Waals surface area contributed by atoms with Gasteiger partial charge in [-0.2, -0.15) is 0 Å². The van der Waals surface area contributed by atoms with Gasteiger partial charge in [0.2, 0.25) is 5.91 Å². The van der Waals surface area contributed by atoms with Crippen LogP contribution in [-0.2, 0) is 14.3 Å². The predicted molar refractivity (Wildman–Crippen MR) is 61.6 cm³/mol. The van der Waals surface area contributed by atoms with E-state index in [1.54, 1.807) is 25.7 Å². The zero-order chi connectivity index (χ0) is 12.9. The van der Waals surface area contributed by atoms with Crippen LogP contribution in [0.2, 0.25) is 0 Å². The van der Waals surface area contributed by atoms with Gasteiger partial charge in [-0.3, -0.25) is 4.79 Å². The van der Waals surface area contributed by atoms with Crippen LogP contribution < -0.4 is 5.32 Å². The van der Waals surface area contributed by atoms with E-state index in [2.05, 4.69) is 5.32 Å². The first-order valence-electron chi connectivity index (χ1n) is 5.71. The van der Waals surface area contributed by atoms with Crippen molar-refractivity contribution in [1.82, 2.24) is 10.2 Å². The zero-order valence-corrected chi connectivity index (χ0v) is 10.6. The summed E-state index contributed by atoms with van der Waals surface area (Å²) in [7, 11) is 0. The Bertz CT molecular complexity index is 286. The largest absolute Gasteiger partial charge is 0.444 e. The van der Waals surface area contributed by atoms with Gasteiger partial charge in [0.05, 0.1) is 6.61 Å². The van der Waals surface area contributed by atoms with Gasteiger partial charge in [-0.05, 0) is 20.8 Å². The molecule has 0 saturated carbocycles. The van der Waals surface area contributed by atoms with E-state index in [-0.39, 0.29) is 12.5 Å². The number of nitrogens with one attached hydrogen (secondary N) is 1. The van der Waals surface area contributed by atoms with Crippen LogP contribution in [0, 0.1) is 0 Å². The molecule has 0 aromatic carbocycles. The molecule has 6 nitrogen and oxygen atoms in total. The van der Waals surface area contributed by atoms with E-state index in [9.17, 15) is 9.59 Å². The molecule has 0 bridgehead atoms. The molecule has 1 aliphatic rings. The first-order chi connectivity index (χ1) is 7.88. The highest BCUT2D eigenvalue weighted by Crippen LogP contribution is 2.06. The highest BCUT2D eigenvalue weighted by atomic mass is 16.6. The molecule has 2 amide bonds. The average Bonchev–Trinajstić information content (AvgIpc) is 2.18. The molecule has 0 atom stereocenters. The van der Waals surface area contributed by atoms with Crippen molar-refractivity contribution in [3.63, 3.8) is 0 Å². The molecule has 0 aromatic heterocycles. The van der Waals surface area contributed by atoms with Gasteiger partial charge >= 0.3 is 6.09 Å². The number of hydrogen-bond acceptors (Lipinski definition) is 4. The minimum absolute atomic E-state index is 0.0396. The lowest BCUT2D eigenvalue weighted by molar-refractivity contribution is -0.142. The van der Waals surface area contributed by atoms with Crippen molar-refractivity contribution in [2.24, 2.45) is 0 Å². The summed E-state index contributed by atoms with van der Waals surface area (Å²) in [6.07, 6.45) is -0.460. The van der Waals surface area contributed by atoms with Crippen LogP contribution in [0.15, 0.2) is 0 Å². The maximum atomic E-state index is 11.4. The fourth-order valence-electron chi connectivity index (χ4n) is 1.39. The zero-order valence-electron chi connectivity index (χ0n) is 10.6. The Kier molecular flexibility index (Phi) is 4.74. The summed E-state index contributed by atoms with van der Waals surface area (Å²) < 4.78 is 10.1. The standard InChI is InChI=1S/C11H20N2O4/c1-11(2,3)17-10(15)12-4-5-13-6-7-16-8-9(13)14/h4-8H2,1-3H3,(H,12,15). The lowest BCUT2D eigenvalue weighted by atomic mass is 10.2. The SMILES string of the molecule is CC(C)(C)OC(=O)NCCN1CCOCC1=O. The Labute approximate surface area is 101 Å². The Morgan fingerprint density at radius 1 is 1.53 bits per heavy atom. The van der Waals surface area contributed by atoms with Crippen molar-refractivity contribution in [2.75, 3.05) is 32.8 Å². The smallest absolute Gasteiger partial charge is 0.407 e. The molecule has 6 heteroatoms. The average molecular weight is 244 g/mol. The van der Waals surface area contributed by atoms with E-state index >= 15 is 0 Å². The third kappa shape index (κ3) is 5.53. The molecule has 1 aliphatic heterocycles. The third-order valence-electron chi connectivity index (χ3n) is 2.13. The van der Waals surface area contributed by atoms with Gasteiger partial charge in [-0.1, -0.05) is 0 Å². The molecule has 1 saturated heterocycles. The van der Waals surface area contributed by atoms with E-state index in [1.165, 1.54) is 0 Å².